The molecule has 1 spiro atoms. The molecule has 6 heterocycles. The third-order valence-corrected chi connectivity index (χ3v) is 23.1. The topological polar surface area (TPSA) is 480 Å². The third-order valence-electron chi connectivity index (χ3n) is 22.2. The Morgan fingerprint density at radius 3 is 1.91 bits per heavy atom. The van der Waals surface area contributed by atoms with Crippen LogP contribution in [0.15, 0.2) is 11.6 Å². The van der Waals surface area contributed by atoms with Gasteiger partial charge in [-0.1, -0.05) is 53.2 Å². The standard InChI is InChI=1S/C59H94O32S2.2Na/c1-24(2)18-26(61)19-58(8)34-13-16-57(7)28-10-11-33-55(4,5)35(14-15-56(33,6)27(28)12-17-59(34,57)54(71)90-58)85-52-47(38(65)32(22-80-52)91-93(75,76)77)89-53-48(88-50-40(67)39(66)36(63)30(20-60)83-50)41(68)44(25(3)82-53)86-51-43(70)46(37(64)31(84-51)23-81-92(72,73)74)87-49-42(69)45(78-9)29(62)21-79-49;;/h10,24-25,27,29-53,60,62-70H,11-23H2,1-9H3,(H,72,73,74)(H,75,76,77);;/q;2*+1/p-2/t25?,27?,29?,30?,31?,32?,33?,34?,35?,36?,37?,38?,39?,40?,41?,42?,43?,44?,45?,46?,47?,48?,49?,50?,51?,52?,53?,56-,57+,58+,59-;;/m1../s1. The van der Waals surface area contributed by atoms with Crippen molar-refractivity contribution < 1.29 is 211 Å². The number of carbonyl (C=O) groups is 2. The molecule has 32 nitrogen and oxygen atoms in total. The Hall–Kier alpha value is -0.220. The number of fused-ring (bicyclic) bond motifs is 4. The Labute approximate surface area is 596 Å². The van der Waals surface area contributed by atoms with Gasteiger partial charge in [0.25, 0.3) is 0 Å². The fourth-order valence-electron chi connectivity index (χ4n) is 17.7. The Balaban J connectivity index is 0.00000578. The van der Waals surface area contributed by atoms with E-state index in [0.717, 1.165) is 20.0 Å². The van der Waals surface area contributed by atoms with E-state index in [9.17, 15) is 86.6 Å². The molecule has 10 rings (SSSR count). The van der Waals surface area contributed by atoms with Crippen LogP contribution in [0.2, 0.25) is 0 Å². The van der Waals surface area contributed by atoms with E-state index in [1.807, 2.05) is 34.6 Å². The van der Waals surface area contributed by atoms with E-state index in [2.05, 4.69) is 24.1 Å². The second kappa shape index (κ2) is 30.5. The largest absolute Gasteiger partial charge is 1.00 e. The minimum absolute atomic E-state index is 0. The van der Waals surface area contributed by atoms with Gasteiger partial charge in [-0.15, -0.1) is 0 Å². The van der Waals surface area contributed by atoms with Crippen molar-refractivity contribution in [2.24, 2.45) is 45.3 Å². The minimum Gasteiger partial charge on any atom is -0.726 e. The van der Waals surface area contributed by atoms with E-state index in [1.54, 1.807) is 0 Å². The van der Waals surface area contributed by atoms with Crippen LogP contribution in [0, 0.1) is 45.3 Å². The number of aliphatic hydroxyl groups is 10. The molecule has 10 aliphatic rings. The summed E-state index contributed by atoms with van der Waals surface area (Å²) in [5, 5.41) is 112. The first-order valence-corrected chi connectivity index (χ1v) is 34.4. The summed E-state index contributed by atoms with van der Waals surface area (Å²) in [5.74, 6) is -0.248. The minimum atomic E-state index is -5.57. The number of hydrogen-bond acceptors (Lipinski definition) is 32. The maximum atomic E-state index is 14.5. The number of Topliss-reactive ketones (excluding diaryl/α,β-unsaturated/α-hetero) is 1. The van der Waals surface area contributed by atoms with Gasteiger partial charge in [-0.2, -0.15) is 0 Å². The van der Waals surface area contributed by atoms with Crippen LogP contribution < -0.4 is 59.1 Å². The van der Waals surface area contributed by atoms with E-state index < -0.39 is 216 Å². The second-order valence-electron chi connectivity index (χ2n) is 28.7. The van der Waals surface area contributed by atoms with Gasteiger partial charge in [-0.25, -0.2) is 16.8 Å². The Morgan fingerprint density at radius 2 is 1.26 bits per heavy atom. The number of esters is 1. The summed E-state index contributed by atoms with van der Waals surface area (Å²) < 4.78 is 153. The number of carbonyl (C=O) groups excluding carboxylic acids is 2. The molecule has 0 aromatic carbocycles. The van der Waals surface area contributed by atoms with Crippen LogP contribution in [0.25, 0.3) is 0 Å². The fourth-order valence-corrected chi connectivity index (χ4v) is 18.5. The molecular weight excluding hydrogens is 1330 g/mol. The van der Waals surface area contributed by atoms with Crippen LogP contribution in [0.3, 0.4) is 0 Å². The number of aliphatic hydroxyl groups excluding tert-OH is 10. The van der Waals surface area contributed by atoms with Crippen LogP contribution in [-0.4, -0.2) is 275 Å². The van der Waals surface area contributed by atoms with Gasteiger partial charge < -0.3 is 117 Å². The van der Waals surface area contributed by atoms with Gasteiger partial charge in [-0.3, -0.25) is 18.0 Å². The molecule has 0 amide bonds. The predicted octanol–water partition coefficient (Wildman–Crippen LogP) is -8.69. The molecule has 31 atom stereocenters. The Kier molecular flexibility index (Phi) is 25.8. The van der Waals surface area contributed by atoms with Gasteiger partial charge in [0.05, 0.1) is 44.1 Å². The SMILES string of the molecule is COC1C(O)COC(OC2C(O)C(COS(=O)(=O)[O-])OC(OC3C(C)OC(OC4C(OC5CC[C@]6(C)C7CC[C@]89C(=O)O[C@@](C)(CC(=O)CC(C)C)C8CC[C@@]9(C)C7=CCC6C5(C)C)OCC(OS(=O)(=O)[O-])C4O)C(OC4OC(CO)C(O)C(O)C4O)C3O)C2O)C1O.[Na+].[Na+]. The zero-order valence-corrected chi connectivity index (χ0v) is 60.8. The van der Waals surface area contributed by atoms with Crippen LogP contribution >= 0.6 is 0 Å². The molecular formula is C59H92Na2O32S2. The third kappa shape index (κ3) is 15.4. The molecule has 6 saturated heterocycles. The van der Waals surface area contributed by atoms with E-state index >= 15 is 0 Å². The smallest absolute Gasteiger partial charge is 0.726 e. The van der Waals surface area contributed by atoms with Crippen molar-refractivity contribution in [1.82, 2.24) is 0 Å². The van der Waals surface area contributed by atoms with Crippen LogP contribution in [-0.2, 0) is 95.6 Å². The van der Waals surface area contributed by atoms with Crippen molar-refractivity contribution in [3.05, 3.63) is 11.6 Å². The van der Waals surface area contributed by atoms with Crippen LogP contribution in [0.4, 0.5) is 0 Å². The van der Waals surface area contributed by atoms with Crippen molar-refractivity contribution in [2.75, 3.05) is 33.5 Å². The number of methoxy groups -OCH3 is 1. The number of cyclic esters (lactones) is 1. The maximum absolute atomic E-state index is 14.5. The summed E-state index contributed by atoms with van der Waals surface area (Å²) in [4.78, 5) is 27.8. The summed E-state index contributed by atoms with van der Waals surface area (Å²) in [6.45, 7) is 12.2. The van der Waals surface area contributed by atoms with Gasteiger partial charge in [-0.05, 0) is 87.4 Å². The quantitative estimate of drug-likeness (QED) is 0.0168. The van der Waals surface area contributed by atoms with Crippen molar-refractivity contribution in [3.63, 3.8) is 0 Å². The van der Waals surface area contributed by atoms with E-state index in [-0.39, 0.29) is 106 Å². The summed E-state index contributed by atoms with van der Waals surface area (Å²) >= 11 is 0. The van der Waals surface area contributed by atoms with Gasteiger partial charge >= 0.3 is 65.1 Å². The summed E-state index contributed by atoms with van der Waals surface area (Å²) in [5.41, 5.74) is -2.18. The molecule has 95 heavy (non-hydrogen) atoms. The van der Waals surface area contributed by atoms with Gasteiger partial charge in [0.15, 0.2) is 31.5 Å². The molecule has 36 heteroatoms. The summed E-state index contributed by atoms with van der Waals surface area (Å²) in [6.07, 6.45) is -37.9. The second-order valence-corrected chi connectivity index (χ2v) is 30.7. The number of hydrogen-bond donors (Lipinski definition) is 10. The Bertz CT molecular complexity index is 2930. The van der Waals surface area contributed by atoms with Crippen molar-refractivity contribution in [3.8, 4) is 0 Å². The van der Waals surface area contributed by atoms with Crippen molar-refractivity contribution >= 4 is 32.6 Å². The summed E-state index contributed by atoms with van der Waals surface area (Å²) in [7, 11) is -9.91. The molecule has 0 radical (unpaired) electrons. The first-order valence-electron chi connectivity index (χ1n) is 31.8. The van der Waals surface area contributed by atoms with E-state index in [4.69, 9.17) is 61.0 Å². The monoisotopic (exact) mass is 1420 g/mol. The molecule has 0 bridgehead atoms. The fraction of sp³-hybridized carbons (Fsp3) is 0.932. The molecule has 0 aromatic heterocycles. The zero-order valence-electron chi connectivity index (χ0n) is 55.2. The van der Waals surface area contributed by atoms with Gasteiger partial charge in [0.2, 0.25) is 20.8 Å². The normalized spacial score (nSPS) is 48.2. The number of rotatable bonds is 21. The first-order chi connectivity index (χ1) is 43.3. The molecule has 10 N–H and O–H groups in total. The van der Waals surface area contributed by atoms with E-state index in [1.165, 1.54) is 12.5 Å². The van der Waals surface area contributed by atoms with Gasteiger partial charge in [0, 0.05) is 31.3 Å². The molecule has 6 aliphatic heterocycles. The molecule has 0 aromatic rings. The molecule has 534 valence electrons. The predicted molar refractivity (Wildman–Crippen MR) is 305 cm³/mol. The molecule has 4 aliphatic carbocycles. The Morgan fingerprint density at radius 1 is 0.653 bits per heavy atom. The van der Waals surface area contributed by atoms with E-state index in [0.29, 0.717) is 38.5 Å². The number of allylic oxidation sites excluding steroid dienone is 2. The van der Waals surface area contributed by atoms with Crippen molar-refractivity contribution in [1.29, 1.82) is 0 Å². The average Bonchev–Trinajstić information content (AvgIpc) is 1.54. The maximum Gasteiger partial charge on any atom is 1.00 e. The zero-order chi connectivity index (χ0) is 68.2. The van der Waals surface area contributed by atoms with Crippen molar-refractivity contribution in [2.45, 2.75) is 266 Å². The number of ketones is 1. The summed E-state index contributed by atoms with van der Waals surface area (Å²) in [6, 6.07) is 0. The number of ether oxygens (including phenoxy) is 12. The molecule has 3 saturated carbocycles. The van der Waals surface area contributed by atoms with Crippen LogP contribution in [0.5, 0.6) is 0 Å². The average molecular weight is 1420 g/mol. The van der Waals surface area contributed by atoms with Crippen LogP contribution in [0.1, 0.15) is 113 Å². The molecule has 9 fully saturated rings. The first kappa shape index (κ1) is 80.5. The molecule has 27 unspecified atom stereocenters. The van der Waals surface area contributed by atoms with Gasteiger partial charge in [0.1, 0.15) is 115 Å².